The Bertz CT molecular complexity index is 403. The van der Waals surface area contributed by atoms with Gasteiger partial charge in [0.1, 0.15) is 5.75 Å². The lowest BCUT2D eigenvalue weighted by molar-refractivity contribution is -0.115. The second-order valence-corrected chi connectivity index (χ2v) is 4.51. The summed E-state index contributed by atoms with van der Waals surface area (Å²) < 4.78 is 5.13. The number of ether oxygens (including phenoxy) is 1. The van der Waals surface area contributed by atoms with Crippen molar-refractivity contribution in [2.45, 2.75) is 25.7 Å². The van der Waals surface area contributed by atoms with Crippen LogP contribution in [0.1, 0.15) is 24.8 Å². The van der Waals surface area contributed by atoms with Crippen molar-refractivity contribution in [2.24, 2.45) is 5.92 Å². The summed E-state index contributed by atoms with van der Waals surface area (Å²) in [7, 11) is 1.68. The zero-order chi connectivity index (χ0) is 12.1. The van der Waals surface area contributed by atoms with Crippen molar-refractivity contribution in [1.29, 1.82) is 0 Å². The van der Waals surface area contributed by atoms with Gasteiger partial charge in [-0.3, -0.25) is 4.79 Å². The minimum Gasteiger partial charge on any atom is -0.497 e. The average Bonchev–Trinajstić information content (AvgIpc) is 2.39. The van der Waals surface area contributed by atoms with Crippen LogP contribution in [0, 0.1) is 5.92 Å². The number of carbonyl (C=O) groups is 1. The molecule has 0 fully saturated rings. The molecule has 0 saturated carbocycles. The number of hydrogen-bond acceptors (Lipinski definition) is 2. The first kappa shape index (κ1) is 11.9. The average molecular weight is 230 g/mol. The SMILES string of the molecule is COc1ccc(CC[C@@H]2C=CC(=O)CC2)cc1. The monoisotopic (exact) mass is 230 g/mol. The van der Waals surface area contributed by atoms with Gasteiger partial charge in [-0.15, -0.1) is 0 Å². The van der Waals surface area contributed by atoms with E-state index in [2.05, 4.69) is 18.2 Å². The minimum absolute atomic E-state index is 0.269. The van der Waals surface area contributed by atoms with Gasteiger partial charge in [0.15, 0.2) is 5.78 Å². The molecule has 0 N–H and O–H groups in total. The highest BCUT2D eigenvalue weighted by molar-refractivity contribution is 5.90. The van der Waals surface area contributed by atoms with E-state index in [0.717, 1.165) is 25.0 Å². The molecule has 1 aliphatic rings. The smallest absolute Gasteiger partial charge is 0.155 e. The lowest BCUT2D eigenvalue weighted by Crippen LogP contribution is -2.08. The van der Waals surface area contributed by atoms with Crippen molar-refractivity contribution < 1.29 is 9.53 Å². The number of methoxy groups -OCH3 is 1. The Kier molecular flexibility index (Phi) is 3.97. The zero-order valence-electron chi connectivity index (χ0n) is 10.2. The van der Waals surface area contributed by atoms with E-state index in [9.17, 15) is 4.79 Å². The van der Waals surface area contributed by atoms with Crippen LogP contribution >= 0.6 is 0 Å². The molecule has 0 saturated heterocycles. The summed E-state index contributed by atoms with van der Waals surface area (Å²) in [5.74, 6) is 1.73. The fourth-order valence-corrected chi connectivity index (χ4v) is 2.14. The maximum Gasteiger partial charge on any atom is 0.155 e. The topological polar surface area (TPSA) is 26.3 Å². The molecule has 0 spiro atoms. The first-order valence-corrected chi connectivity index (χ1v) is 6.12. The van der Waals surface area contributed by atoms with Gasteiger partial charge < -0.3 is 4.74 Å². The van der Waals surface area contributed by atoms with Gasteiger partial charge in [-0.1, -0.05) is 18.2 Å². The molecule has 2 heteroatoms. The van der Waals surface area contributed by atoms with Crippen LogP contribution in [-0.4, -0.2) is 12.9 Å². The highest BCUT2D eigenvalue weighted by Crippen LogP contribution is 2.21. The minimum atomic E-state index is 0.269. The summed E-state index contributed by atoms with van der Waals surface area (Å²) in [5.41, 5.74) is 1.33. The molecule has 90 valence electrons. The molecular weight excluding hydrogens is 212 g/mol. The third kappa shape index (κ3) is 3.45. The van der Waals surface area contributed by atoms with Gasteiger partial charge in [0.2, 0.25) is 0 Å². The zero-order valence-corrected chi connectivity index (χ0v) is 10.2. The molecule has 0 bridgehead atoms. The van der Waals surface area contributed by atoms with E-state index >= 15 is 0 Å². The summed E-state index contributed by atoms with van der Waals surface area (Å²) in [6.45, 7) is 0. The number of benzene rings is 1. The van der Waals surface area contributed by atoms with Gasteiger partial charge in [-0.25, -0.2) is 0 Å². The van der Waals surface area contributed by atoms with Crippen LogP contribution < -0.4 is 4.74 Å². The highest BCUT2D eigenvalue weighted by atomic mass is 16.5. The molecular formula is C15H18O2. The summed E-state index contributed by atoms with van der Waals surface area (Å²) >= 11 is 0. The van der Waals surface area contributed by atoms with E-state index in [0.29, 0.717) is 12.3 Å². The molecule has 1 aromatic carbocycles. The largest absolute Gasteiger partial charge is 0.497 e. The Balaban J connectivity index is 1.85. The molecule has 0 aromatic heterocycles. The fraction of sp³-hybridized carbons (Fsp3) is 0.400. The molecule has 2 nitrogen and oxygen atoms in total. The van der Waals surface area contributed by atoms with E-state index in [1.54, 1.807) is 13.2 Å². The van der Waals surface area contributed by atoms with Crippen molar-refractivity contribution in [3.63, 3.8) is 0 Å². The maximum atomic E-state index is 11.1. The molecule has 0 unspecified atom stereocenters. The van der Waals surface area contributed by atoms with Crippen LogP contribution in [0.4, 0.5) is 0 Å². The molecule has 1 aromatic rings. The van der Waals surface area contributed by atoms with Gasteiger partial charge in [0.25, 0.3) is 0 Å². The van der Waals surface area contributed by atoms with Crippen molar-refractivity contribution >= 4 is 5.78 Å². The molecule has 0 amide bonds. The number of allylic oxidation sites excluding steroid dienone is 2. The van der Waals surface area contributed by atoms with Gasteiger partial charge in [-0.05, 0) is 49.0 Å². The van der Waals surface area contributed by atoms with Gasteiger partial charge in [0.05, 0.1) is 7.11 Å². The Hall–Kier alpha value is -1.57. The van der Waals surface area contributed by atoms with E-state index in [1.165, 1.54) is 5.56 Å². The molecule has 0 heterocycles. The fourth-order valence-electron chi connectivity index (χ4n) is 2.14. The quantitative estimate of drug-likeness (QED) is 0.794. The first-order valence-electron chi connectivity index (χ1n) is 6.12. The summed E-state index contributed by atoms with van der Waals surface area (Å²) in [5, 5.41) is 0. The molecule has 17 heavy (non-hydrogen) atoms. The molecule has 1 aliphatic carbocycles. The predicted molar refractivity (Wildman–Crippen MR) is 68.2 cm³/mol. The van der Waals surface area contributed by atoms with Gasteiger partial charge in [-0.2, -0.15) is 0 Å². The lowest BCUT2D eigenvalue weighted by Gasteiger charge is -2.15. The highest BCUT2D eigenvalue weighted by Gasteiger charge is 2.12. The van der Waals surface area contributed by atoms with E-state index in [4.69, 9.17) is 4.74 Å². The third-order valence-corrected chi connectivity index (χ3v) is 3.28. The van der Waals surface area contributed by atoms with E-state index < -0.39 is 0 Å². The Labute approximate surface area is 102 Å². The second-order valence-electron chi connectivity index (χ2n) is 4.51. The standard InChI is InChI=1S/C15H18O2/c1-17-15-10-6-13(7-11-15)3-2-12-4-8-14(16)9-5-12/h4,6-8,10-12H,2-3,5,9H2,1H3/t12-/m1/s1. The van der Waals surface area contributed by atoms with Gasteiger partial charge >= 0.3 is 0 Å². The van der Waals surface area contributed by atoms with Crippen LogP contribution in [0.5, 0.6) is 5.75 Å². The van der Waals surface area contributed by atoms with Gasteiger partial charge in [0, 0.05) is 6.42 Å². The number of aryl methyl sites for hydroxylation is 1. The Morgan fingerprint density at radius 1 is 1.29 bits per heavy atom. The maximum absolute atomic E-state index is 11.1. The molecule has 2 rings (SSSR count). The van der Waals surface area contributed by atoms with E-state index in [1.807, 2.05) is 12.1 Å². The molecule has 0 radical (unpaired) electrons. The normalized spacial score (nSPS) is 19.4. The Morgan fingerprint density at radius 2 is 2.06 bits per heavy atom. The van der Waals surface area contributed by atoms with Crippen molar-refractivity contribution in [2.75, 3.05) is 7.11 Å². The Morgan fingerprint density at radius 3 is 2.65 bits per heavy atom. The van der Waals surface area contributed by atoms with Crippen LogP contribution in [0.15, 0.2) is 36.4 Å². The van der Waals surface area contributed by atoms with Crippen LogP contribution in [0.3, 0.4) is 0 Å². The third-order valence-electron chi connectivity index (χ3n) is 3.28. The number of carbonyl (C=O) groups excluding carboxylic acids is 1. The number of ketones is 1. The van der Waals surface area contributed by atoms with Crippen molar-refractivity contribution in [3.05, 3.63) is 42.0 Å². The van der Waals surface area contributed by atoms with Crippen molar-refractivity contribution in [1.82, 2.24) is 0 Å². The summed E-state index contributed by atoms with van der Waals surface area (Å²) in [4.78, 5) is 11.1. The van der Waals surface area contributed by atoms with E-state index in [-0.39, 0.29) is 5.78 Å². The first-order chi connectivity index (χ1) is 8.28. The molecule has 1 atom stereocenters. The predicted octanol–water partition coefficient (Wildman–Crippen LogP) is 3.16. The summed E-state index contributed by atoms with van der Waals surface area (Å²) in [6.07, 6.45) is 7.70. The lowest BCUT2D eigenvalue weighted by atomic mass is 9.90. The second kappa shape index (κ2) is 5.67. The van der Waals surface area contributed by atoms with Crippen molar-refractivity contribution in [3.8, 4) is 5.75 Å². The molecule has 0 aliphatic heterocycles. The van der Waals surface area contributed by atoms with Crippen LogP contribution in [0.2, 0.25) is 0 Å². The van der Waals surface area contributed by atoms with Crippen LogP contribution in [-0.2, 0) is 11.2 Å². The van der Waals surface area contributed by atoms with Crippen LogP contribution in [0.25, 0.3) is 0 Å². The number of hydrogen-bond donors (Lipinski definition) is 0. The number of rotatable bonds is 4. The summed E-state index contributed by atoms with van der Waals surface area (Å²) in [6, 6.07) is 8.21.